The number of amides is 2. The summed E-state index contributed by atoms with van der Waals surface area (Å²) in [4.78, 5) is 25.1. The molecule has 0 atom stereocenters. The van der Waals surface area contributed by atoms with Crippen LogP contribution in [-0.2, 0) is 11.3 Å². The fourth-order valence-electron chi connectivity index (χ4n) is 2.16. The number of carbonyl (C=O) groups excluding carboxylic acids is 2. The summed E-state index contributed by atoms with van der Waals surface area (Å²) >= 11 is 0. The van der Waals surface area contributed by atoms with Crippen molar-refractivity contribution in [2.45, 2.75) is 6.54 Å². The Labute approximate surface area is 140 Å². The van der Waals surface area contributed by atoms with E-state index in [0.29, 0.717) is 17.7 Å². The molecule has 0 heterocycles. The molecule has 0 radical (unpaired) electrons. The Kier molecular flexibility index (Phi) is 5.84. The van der Waals surface area contributed by atoms with Crippen molar-refractivity contribution in [3.8, 4) is 0 Å². The van der Waals surface area contributed by atoms with E-state index in [1.165, 1.54) is 18.2 Å². The molecule has 2 rings (SSSR count). The molecule has 0 unspecified atom stereocenters. The predicted octanol–water partition coefficient (Wildman–Crippen LogP) is 2.86. The van der Waals surface area contributed by atoms with Gasteiger partial charge in [0.1, 0.15) is 5.82 Å². The molecular weight excluding hydrogens is 307 g/mol. The van der Waals surface area contributed by atoms with Crippen molar-refractivity contribution in [1.82, 2.24) is 10.2 Å². The summed E-state index contributed by atoms with van der Waals surface area (Å²) in [6.07, 6.45) is 2.99. The van der Waals surface area contributed by atoms with Crippen molar-refractivity contribution in [3.63, 3.8) is 0 Å². The lowest BCUT2D eigenvalue weighted by Gasteiger charge is -2.15. The van der Waals surface area contributed by atoms with Gasteiger partial charge < -0.3 is 10.2 Å². The van der Waals surface area contributed by atoms with Gasteiger partial charge in [-0.25, -0.2) is 4.39 Å². The lowest BCUT2D eigenvalue weighted by molar-refractivity contribution is -0.125. The maximum atomic E-state index is 13.1. The zero-order valence-electron chi connectivity index (χ0n) is 13.6. The number of likely N-dealkylation sites (N-methyl/N-ethyl adjacent to an activating group) is 1. The molecule has 2 aromatic rings. The van der Waals surface area contributed by atoms with Crippen LogP contribution >= 0.6 is 0 Å². The first kappa shape index (κ1) is 17.4. The molecule has 0 aliphatic heterocycles. The number of benzene rings is 2. The molecule has 0 aliphatic carbocycles. The fraction of sp³-hybridized carbons (Fsp3) is 0.158. The molecule has 0 bridgehead atoms. The lowest BCUT2D eigenvalue weighted by Crippen LogP contribution is -2.24. The zero-order chi connectivity index (χ0) is 17.5. The second-order valence-electron chi connectivity index (χ2n) is 5.36. The van der Waals surface area contributed by atoms with E-state index < -0.39 is 0 Å². The molecule has 0 fully saturated rings. The van der Waals surface area contributed by atoms with E-state index in [2.05, 4.69) is 5.32 Å². The van der Waals surface area contributed by atoms with E-state index in [4.69, 9.17) is 0 Å². The molecule has 2 amide bonds. The van der Waals surface area contributed by atoms with Crippen molar-refractivity contribution in [3.05, 3.63) is 77.1 Å². The molecule has 2 aromatic carbocycles. The molecule has 0 aliphatic rings. The van der Waals surface area contributed by atoms with Gasteiger partial charge in [-0.05, 0) is 41.5 Å². The van der Waals surface area contributed by atoms with Crippen LogP contribution < -0.4 is 5.32 Å². The van der Waals surface area contributed by atoms with Gasteiger partial charge in [0.2, 0.25) is 5.91 Å². The first-order valence-electron chi connectivity index (χ1n) is 7.49. The molecule has 24 heavy (non-hydrogen) atoms. The topological polar surface area (TPSA) is 49.4 Å². The molecule has 0 spiro atoms. The van der Waals surface area contributed by atoms with Crippen LogP contribution in [0.3, 0.4) is 0 Å². The SMILES string of the molecule is CNC(=O)c1ccc(CN(C)C(=O)/C=C/c2cccc(F)c2)cc1. The van der Waals surface area contributed by atoms with Crippen molar-refractivity contribution in [2.75, 3.05) is 14.1 Å². The molecule has 124 valence electrons. The number of hydrogen-bond donors (Lipinski definition) is 1. The second kappa shape index (κ2) is 8.06. The summed E-state index contributed by atoms with van der Waals surface area (Å²) in [6.45, 7) is 0.417. The van der Waals surface area contributed by atoms with Crippen LogP contribution in [0.2, 0.25) is 0 Å². The molecule has 0 aromatic heterocycles. The van der Waals surface area contributed by atoms with E-state index >= 15 is 0 Å². The van der Waals surface area contributed by atoms with E-state index in [1.54, 1.807) is 49.3 Å². The highest BCUT2D eigenvalue weighted by Crippen LogP contribution is 2.09. The van der Waals surface area contributed by atoms with Crippen LogP contribution in [0.5, 0.6) is 0 Å². The average Bonchev–Trinajstić information content (AvgIpc) is 2.59. The molecule has 5 heteroatoms. The Hall–Kier alpha value is -2.95. The number of nitrogens with zero attached hydrogens (tertiary/aromatic N) is 1. The van der Waals surface area contributed by atoms with Gasteiger partial charge in [0.25, 0.3) is 5.91 Å². The van der Waals surface area contributed by atoms with Crippen molar-refractivity contribution >= 4 is 17.9 Å². The highest BCUT2D eigenvalue weighted by molar-refractivity contribution is 5.94. The first-order chi connectivity index (χ1) is 11.5. The molecular formula is C19H19FN2O2. The van der Waals surface area contributed by atoms with Gasteiger partial charge in [-0.15, -0.1) is 0 Å². The summed E-state index contributed by atoms with van der Waals surface area (Å²) in [5, 5.41) is 2.56. The molecule has 4 nitrogen and oxygen atoms in total. The minimum Gasteiger partial charge on any atom is -0.355 e. The number of carbonyl (C=O) groups is 2. The zero-order valence-corrected chi connectivity index (χ0v) is 13.6. The van der Waals surface area contributed by atoms with E-state index in [0.717, 1.165) is 5.56 Å². The second-order valence-corrected chi connectivity index (χ2v) is 5.36. The Bertz CT molecular complexity index is 754. The summed E-state index contributed by atoms with van der Waals surface area (Å²) in [5.41, 5.74) is 2.12. The first-order valence-corrected chi connectivity index (χ1v) is 7.49. The van der Waals surface area contributed by atoms with Gasteiger partial charge in [-0.2, -0.15) is 0 Å². The Morgan fingerprint density at radius 1 is 1.17 bits per heavy atom. The number of hydrogen-bond acceptors (Lipinski definition) is 2. The quantitative estimate of drug-likeness (QED) is 0.859. The van der Waals surface area contributed by atoms with Crippen LogP contribution in [0.4, 0.5) is 4.39 Å². The van der Waals surface area contributed by atoms with E-state index in [1.807, 2.05) is 12.1 Å². The third-order valence-electron chi connectivity index (χ3n) is 3.51. The van der Waals surface area contributed by atoms with Crippen molar-refractivity contribution in [2.24, 2.45) is 0 Å². The monoisotopic (exact) mass is 326 g/mol. The Balaban J connectivity index is 1.97. The molecule has 0 saturated carbocycles. The Morgan fingerprint density at radius 2 is 1.88 bits per heavy atom. The summed E-state index contributed by atoms with van der Waals surface area (Å²) in [7, 11) is 3.26. The van der Waals surface area contributed by atoms with Gasteiger partial charge >= 0.3 is 0 Å². The largest absolute Gasteiger partial charge is 0.355 e. The maximum Gasteiger partial charge on any atom is 0.251 e. The number of rotatable bonds is 5. The van der Waals surface area contributed by atoms with Gasteiger partial charge in [-0.3, -0.25) is 9.59 Å². The maximum absolute atomic E-state index is 13.1. The van der Waals surface area contributed by atoms with Crippen LogP contribution in [0.1, 0.15) is 21.5 Å². The van der Waals surface area contributed by atoms with Crippen LogP contribution in [-0.4, -0.2) is 30.8 Å². The summed E-state index contributed by atoms with van der Waals surface area (Å²) in [6, 6.07) is 13.1. The highest BCUT2D eigenvalue weighted by atomic mass is 19.1. The summed E-state index contributed by atoms with van der Waals surface area (Å²) in [5.74, 6) is -0.673. The van der Waals surface area contributed by atoms with Crippen LogP contribution in [0.25, 0.3) is 6.08 Å². The van der Waals surface area contributed by atoms with Gasteiger partial charge in [0.05, 0.1) is 0 Å². The minimum absolute atomic E-state index is 0.149. The standard InChI is InChI=1S/C19H19FN2O2/c1-21-19(24)16-9-6-15(7-10-16)13-22(2)18(23)11-8-14-4-3-5-17(20)12-14/h3-12H,13H2,1-2H3,(H,21,24)/b11-8+. The molecule has 0 saturated heterocycles. The van der Waals surface area contributed by atoms with Crippen molar-refractivity contribution in [1.29, 1.82) is 0 Å². The molecule has 1 N–H and O–H groups in total. The van der Waals surface area contributed by atoms with Gasteiger partial charge in [-0.1, -0.05) is 24.3 Å². The van der Waals surface area contributed by atoms with E-state index in [-0.39, 0.29) is 17.6 Å². The lowest BCUT2D eigenvalue weighted by atomic mass is 10.1. The Morgan fingerprint density at radius 3 is 2.50 bits per heavy atom. The van der Waals surface area contributed by atoms with E-state index in [9.17, 15) is 14.0 Å². The summed E-state index contributed by atoms with van der Waals surface area (Å²) < 4.78 is 13.1. The average molecular weight is 326 g/mol. The van der Waals surface area contributed by atoms with Gasteiger partial charge in [0, 0.05) is 32.3 Å². The predicted molar refractivity (Wildman–Crippen MR) is 91.7 cm³/mol. The normalized spacial score (nSPS) is 10.6. The third-order valence-corrected chi connectivity index (χ3v) is 3.51. The number of halogens is 1. The van der Waals surface area contributed by atoms with Crippen LogP contribution in [0, 0.1) is 5.82 Å². The minimum atomic E-state index is -0.339. The fourth-order valence-corrected chi connectivity index (χ4v) is 2.16. The smallest absolute Gasteiger partial charge is 0.251 e. The number of nitrogens with one attached hydrogen (secondary N) is 1. The third kappa shape index (κ3) is 4.78. The van der Waals surface area contributed by atoms with Crippen LogP contribution in [0.15, 0.2) is 54.6 Å². The van der Waals surface area contributed by atoms with Crippen molar-refractivity contribution < 1.29 is 14.0 Å². The highest BCUT2D eigenvalue weighted by Gasteiger charge is 2.07. The van der Waals surface area contributed by atoms with Gasteiger partial charge in [0.15, 0.2) is 0 Å².